The minimum Gasteiger partial charge on any atom is -0.279 e. The van der Waals surface area contributed by atoms with E-state index in [1.54, 1.807) is 30.5 Å². The van der Waals surface area contributed by atoms with Gasteiger partial charge >= 0.3 is 0 Å². The molecule has 19 heavy (non-hydrogen) atoms. The van der Waals surface area contributed by atoms with Crippen molar-refractivity contribution in [2.75, 3.05) is 12.5 Å². The van der Waals surface area contributed by atoms with Gasteiger partial charge in [-0.25, -0.2) is 13.1 Å². The van der Waals surface area contributed by atoms with E-state index < -0.39 is 10.0 Å². The number of nitrogens with zero attached hydrogens (tertiary/aromatic N) is 2. The van der Waals surface area contributed by atoms with Crippen molar-refractivity contribution in [3.05, 3.63) is 29.8 Å². The number of anilines is 1. The van der Waals surface area contributed by atoms with Crippen molar-refractivity contribution in [2.24, 2.45) is 5.10 Å². The van der Waals surface area contributed by atoms with Crippen LogP contribution in [-0.2, 0) is 15.8 Å². The fraction of sp³-hybridized carbons (Fsp3) is 0.333. The summed E-state index contributed by atoms with van der Waals surface area (Å²) in [6, 6.07) is 8.97. The van der Waals surface area contributed by atoms with Gasteiger partial charge in [-0.05, 0) is 31.2 Å². The number of nitriles is 1. The van der Waals surface area contributed by atoms with E-state index in [1.807, 2.05) is 6.07 Å². The average molecular weight is 280 g/mol. The van der Waals surface area contributed by atoms with Gasteiger partial charge in [0.2, 0.25) is 10.0 Å². The van der Waals surface area contributed by atoms with Gasteiger partial charge in [-0.15, -0.1) is 0 Å². The number of rotatable bonds is 7. The molecular formula is C12H16N4O2S. The summed E-state index contributed by atoms with van der Waals surface area (Å²) in [5, 5.41) is 12.3. The average Bonchev–Trinajstić information content (AvgIpc) is 2.40. The Morgan fingerprint density at radius 1 is 1.37 bits per heavy atom. The predicted molar refractivity (Wildman–Crippen MR) is 75.1 cm³/mol. The highest BCUT2D eigenvalue weighted by molar-refractivity contribution is 7.88. The van der Waals surface area contributed by atoms with Gasteiger partial charge in [0.1, 0.15) is 0 Å². The van der Waals surface area contributed by atoms with E-state index in [-0.39, 0.29) is 5.75 Å². The normalized spacial score (nSPS) is 11.4. The van der Waals surface area contributed by atoms with Crippen LogP contribution >= 0.6 is 0 Å². The Hall–Kier alpha value is -1.91. The molecule has 6 nitrogen and oxygen atoms in total. The summed E-state index contributed by atoms with van der Waals surface area (Å²) in [5.74, 6) is -0.0464. The fourth-order valence-corrected chi connectivity index (χ4v) is 2.06. The van der Waals surface area contributed by atoms with Gasteiger partial charge in [0.05, 0.1) is 17.5 Å². The van der Waals surface area contributed by atoms with Crippen LogP contribution in [0, 0.1) is 11.3 Å². The summed E-state index contributed by atoms with van der Waals surface area (Å²) in [7, 11) is -1.85. The van der Waals surface area contributed by atoms with Crippen molar-refractivity contribution in [2.45, 2.75) is 18.6 Å². The van der Waals surface area contributed by atoms with Crippen LogP contribution in [0.15, 0.2) is 29.4 Å². The molecule has 0 fully saturated rings. The van der Waals surface area contributed by atoms with Gasteiger partial charge in [0, 0.05) is 12.6 Å². The molecule has 0 saturated carbocycles. The molecule has 0 bridgehead atoms. The lowest BCUT2D eigenvalue weighted by Gasteiger charge is -2.04. The zero-order valence-electron chi connectivity index (χ0n) is 10.6. The molecule has 0 atom stereocenters. The van der Waals surface area contributed by atoms with Gasteiger partial charge < -0.3 is 0 Å². The summed E-state index contributed by atoms with van der Waals surface area (Å²) in [6.45, 7) is 0. The van der Waals surface area contributed by atoms with Crippen molar-refractivity contribution in [3.8, 4) is 6.07 Å². The zero-order valence-corrected chi connectivity index (χ0v) is 11.4. The maximum Gasteiger partial charge on any atom is 0.215 e. The van der Waals surface area contributed by atoms with Crippen molar-refractivity contribution in [1.29, 1.82) is 5.26 Å². The molecule has 0 radical (unpaired) electrons. The molecule has 0 heterocycles. The van der Waals surface area contributed by atoms with Crippen LogP contribution in [-0.4, -0.2) is 21.7 Å². The van der Waals surface area contributed by atoms with Crippen molar-refractivity contribution < 1.29 is 8.42 Å². The third kappa shape index (κ3) is 5.99. The van der Waals surface area contributed by atoms with Crippen LogP contribution in [0.3, 0.4) is 0 Å². The smallest absolute Gasteiger partial charge is 0.215 e. The molecule has 0 aliphatic rings. The van der Waals surface area contributed by atoms with Crippen LogP contribution in [0.5, 0.6) is 0 Å². The number of nitrogens with one attached hydrogen (secondary N) is 2. The van der Waals surface area contributed by atoms with Crippen molar-refractivity contribution >= 4 is 21.9 Å². The fourth-order valence-electron chi connectivity index (χ4n) is 1.28. The number of hydrazone groups is 1. The molecule has 2 N–H and O–H groups in total. The molecule has 0 spiro atoms. The standard InChI is InChI=1S/C12H16N4O2S/c1-14-19(17,18)10-11-4-6-12(7-5-11)16-15-9-3-2-8-13/h4-7,9,14,16H,2-3,10H2,1H3/b15-9+. The Morgan fingerprint density at radius 3 is 2.63 bits per heavy atom. The second-order valence-corrected chi connectivity index (χ2v) is 5.71. The van der Waals surface area contributed by atoms with E-state index in [0.717, 1.165) is 5.69 Å². The molecule has 0 saturated heterocycles. The third-order valence-corrected chi connectivity index (χ3v) is 3.63. The van der Waals surface area contributed by atoms with E-state index in [9.17, 15) is 8.42 Å². The van der Waals surface area contributed by atoms with Crippen LogP contribution < -0.4 is 10.1 Å². The van der Waals surface area contributed by atoms with Gasteiger partial charge in [-0.2, -0.15) is 10.4 Å². The highest BCUT2D eigenvalue weighted by atomic mass is 32.2. The second-order valence-electron chi connectivity index (χ2n) is 3.78. The molecule has 0 amide bonds. The first-order valence-corrected chi connectivity index (χ1v) is 7.37. The first kappa shape index (κ1) is 15.1. The molecule has 0 aliphatic heterocycles. The highest BCUT2D eigenvalue weighted by Gasteiger charge is 2.07. The molecule has 0 aliphatic carbocycles. The molecule has 0 aromatic heterocycles. The van der Waals surface area contributed by atoms with Crippen LogP contribution in [0.25, 0.3) is 0 Å². The van der Waals surface area contributed by atoms with Gasteiger partial charge in [0.25, 0.3) is 0 Å². The molecule has 1 aromatic carbocycles. The quantitative estimate of drug-likeness (QED) is 0.449. The molecule has 0 unspecified atom stereocenters. The van der Waals surface area contributed by atoms with Crippen LogP contribution in [0.1, 0.15) is 18.4 Å². The van der Waals surface area contributed by atoms with E-state index >= 15 is 0 Å². The Morgan fingerprint density at radius 2 is 2.05 bits per heavy atom. The maximum absolute atomic E-state index is 11.3. The van der Waals surface area contributed by atoms with Gasteiger partial charge in [0.15, 0.2) is 0 Å². The lowest BCUT2D eigenvalue weighted by atomic mass is 10.2. The third-order valence-electron chi connectivity index (χ3n) is 2.29. The molecule has 1 aromatic rings. The van der Waals surface area contributed by atoms with Gasteiger partial charge in [-0.3, -0.25) is 5.43 Å². The Labute approximate surface area is 113 Å². The second kappa shape index (κ2) is 7.51. The molecule has 1 rings (SSSR count). The minimum atomic E-state index is -3.24. The largest absolute Gasteiger partial charge is 0.279 e. The lowest BCUT2D eigenvalue weighted by molar-refractivity contribution is 0.587. The molecule has 7 heteroatoms. The van der Waals surface area contributed by atoms with Crippen LogP contribution in [0.2, 0.25) is 0 Å². The topological polar surface area (TPSA) is 94.3 Å². The molecule has 102 valence electrons. The summed E-state index contributed by atoms with van der Waals surface area (Å²) in [6.07, 6.45) is 2.66. The number of hydrogen-bond acceptors (Lipinski definition) is 5. The SMILES string of the molecule is CNS(=O)(=O)Cc1ccc(N/N=C/CCC#N)cc1. The first-order valence-electron chi connectivity index (χ1n) is 5.72. The summed E-state index contributed by atoms with van der Waals surface area (Å²) >= 11 is 0. The summed E-state index contributed by atoms with van der Waals surface area (Å²) < 4.78 is 25.0. The van der Waals surface area contributed by atoms with E-state index in [2.05, 4.69) is 15.2 Å². The number of benzene rings is 1. The number of unbranched alkanes of at least 4 members (excludes halogenated alkanes) is 1. The lowest BCUT2D eigenvalue weighted by Crippen LogP contribution is -2.20. The number of sulfonamides is 1. The number of hydrogen-bond donors (Lipinski definition) is 2. The van der Waals surface area contributed by atoms with Crippen molar-refractivity contribution in [1.82, 2.24) is 4.72 Å². The maximum atomic E-state index is 11.3. The van der Waals surface area contributed by atoms with Crippen molar-refractivity contribution in [3.63, 3.8) is 0 Å². The zero-order chi connectivity index (χ0) is 14.1. The minimum absolute atomic E-state index is 0.0464. The van der Waals surface area contributed by atoms with Gasteiger partial charge in [-0.1, -0.05) is 12.1 Å². The van der Waals surface area contributed by atoms with E-state index in [4.69, 9.17) is 5.26 Å². The Kier molecular flexibility index (Phi) is 5.99. The predicted octanol–water partition coefficient (Wildman–Crippen LogP) is 1.44. The Bertz CT molecular complexity index is 558. The van der Waals surface area contributed by atoms with E-state index in [0.29, 0.717) is 18.4 Å². The summed E-state index contributed by atoms with van der Waals surface area (Å²) in [4.78, 5) is 0. The molecular weight excluding hydrogens is 264 g/mol. The van der Waals surface area contributed by atoms with Crippen LogP contribution in [0.4, 0.5) is 5.69 Å². The first-order chi connectivity index (χ1) is 9.07. The monoisotopic (exact) mass is 280 g/mol. The highest BCUT2D eigenvalue weighted by Crippen LogP contribution is 2.11. The Balaban J connectivity index is 2.53. The van der Waals surface area contributed by atoms with E-state index in [1.165, 1.54) is 7.05 Å². The summed E-state index contributed by atoms with van der Waals surface area (Å²) in [5.41, 5.74) is 4.27.